The van der Waals surface area contributed by atoms with Gasteiger partial charge >= 0.3 is 6.03 Å². The summed E-state index contributed by atoms with van der Waals surface area (Å²) in [6, 6.07) is 4.29. The first-order valence-corrected chi connectivity index (χ1v) is 11.2. The summed E-state index contributed by atoms with van der Waals surface area (Å²) in [5.74, 6) is -2.90. The Kier molecular flexibility index (Phi) is 5.89. The highest BCUT2D eigenvalue weighted by Crippen LogP contribution is 2.45. The predicted octanol–water partition coefficient (Wildman–Crippen LogP) is 2.06. The molecule has 3 atom stereocenters. The molecule has 2 N–H and O–H groups in total. The minimum atomic E-state index is -1.01. The third-order valence-corrected chi connectivity index (χ3v) is 6.88. The molecule has 0 aromatic heterocycles. The fourth-order valence-corrected chi connectivity index (χ4v) is 4.90. The molecular weight excluding hydrogens is 436 g/mol. The van der Waals surface area contributed by atoms with Crippen LogP contribution in [-0.2, 0) is 19.2 Å². The number of anilines is 1. The first-order valence-electron chi connectivity index (χ1n) is 11.2. The summed E-state index contributed by atoms with van der Waals surface area (Å²) in [6.45, 7) is 5.95. The van der Waals surface area contributed by atoms with Crippen molar-refractivity contribution in [2.75, 3.05) is 18.9 Å². The fraction of sp³-hybridized carbons (Fsp3) is 0.400. The second-order valence-corrected chi connectivity index (χ2v) is 9.49. The molecule has 34 heavy (non-hydrogen) atoms. The maximum atomic E-state index is 13.5. The number of benzene rings is 1. The van der Waals surface area contributed by atoms with Gasteiger partial charge in [0.25, 0.3) is 5.91 Å². The van der Waals surface area contributed by atoms with Gasteiger partial charge in [-0.2, -0.15) is 0 Å². The molecule has 2 fully saturated rings. The molecule has 3 unspecified atom stereocenters. The summed E-state index contributed by atoms with van der Waals surface area (Å²) in [6.07, 6.45) is 5.28. The Labute approximate surface area is 197 Å². The molecule has 1 aromatic rings. The lowest BCUT2D eigenvalue weighted by Gasteiger charge is -2.37. The van der Waals surface area contributed by atoms with Crippen molar-refractivity contribution in [3.05, 3.63) is 53.1 Å². The number of nitrogens with zero attached hydrogens (tertiary/aromatic N) is 2. The van der Waals surface area contributed by atoms with E-state index in [1.807, 2.05) is 45.0 Å². The first-order chi connectivity index (χ1) is 16.0. The molecule has 3 aliphatic rings. The monoisotopic (exact) mass is 464 g/mol. The van der Waals surface area contributed by atoms with E-state index in [4.69, 9.17) is 0 Å². The number of allylic oxidation sites excluding steroid dienone is 2. The van der Waals surface area contributed by atoms with Crippen molar-refractivity contribution < 1.29 is 24.0 Å². The van der Waals surface area contributed by atoms with Crippen LogP contribution in [0.4, 0.5) is 10.5 Å². The number of likely N-dealkylation sites (tertiary alicyclic amines) is 1. The Bertz CT molecular complexity index is 1170. The summed E-state index contributed by atoms with van der Waals surface area (Å²) in [5, 5.41) is 5.07. The van der Waals surface area contributed by atoms with Crippen molar-refractivity contribution >= 4 is 35.3 Å². The zero-order valence-electron chi connectivity index (χ0n) is 19.7. The van der Waals surface area contributed by atoms with Crippen molar-refractivity contribution in [1.29, 1.82) is 0 Å². The number of imide groups is 2. The summed E-state index contributed by atoms with van der Waals surface area (Å²) in [4.78, 5) is 65.8. The zero-order valence-corrected chi connectivity index (χ0v) is 19.7. The van der Waals surface area contributed by atoms with Crippen LogP contribution >= 0.6 is 0 Å². The minimum absolute atomic E-state index is 0.0636. The molecule has 4 rings (SSSR count). The molecule has 1 aliphatic carbocycles. The molecule has 9 heteroatoms. The van der Waals surface area contributed by atoms with Gasteiger partial charge in [-0.1, -0.05) is 31.2 Å². The van der Waals surface area contributed by atoms with Crippen molar-refractivity contribution in [3.8, 4) is 0 Å². The van der Waals surface area contributed by atoms with Crippen LogP contribution in [0.15, 0.2) is 42.0 Å². The molecule has 2 saturated heterocycles. The molecule has 6 amide bonds. The van der Waals surface area contributed by atoms with Crippen LogP contribution in [0.5, 0.6) is 0 Å². The predicted molar refractivity (Wildman–Crippen MR) is 124 cm³/mol. The van der Waals surface area contributed by atoms with Gasteiger partial charge in [-0.05, 0) is 43.5 Å². The molecule has 0 saturated carbocycles. The molecule has 1 aromatic carbocycles. The van der Waals surface area contributed by atoms with Gasteiger partial charge in [-0.15, -0.1) is 0 Å². The van der Waals surface area contributed by atoms with Gasteiger partial charge in [-0.25, -0.2) is 4.79 Å². The highest BCUT2D eigenvalue weighted by molar-refractivity contribution is 6.18. The highest BCUT2D eigenvalue weighted by atomic mass is 16.2. The van der Waals surface area contributed by atoms with Crippen LogP contribution in [0.1, 0.15) is 30.9 Å². The van der Waals surface area contributed by atoms with Gasteiger partial charge in [0.2, 0.25) is 17.7 Å². The molecule has 2 aliphatic heterocycles. The number of carbonyl (C=O) groups excluding carboxylic acids is 5. The number of hydrogen-bond acceptors (Lipinski definition) is 5. The van der Waals surface area contributed by atoms with E-state index in [2.05, 4.69) is 10.6 Å². The number of aryl methyl sites for hydroxylation is 2. The Morgan fingerprint density at radius 2 is 1.94 bits per heavy atom. The number of amides is 6. The number of piperidine rings is 1. The lowest BCUT2D eigenvalue weighted by Crippen LogP contribution is -2.55. The number of urea groups is 1. The van der Waals surface area contributed by atoms with Crippen molar-refractivity contribution in [3.63, 3.8) is 0 Å². The molecular formula is C25H28N4O5. The quantitative estimate of drug-likeness (QED) is 0.662. The van der Waals surface area contributed by atoms with Crippen LogP contribution in [0.3, 0.4) is 0 Å². The third-order valence-electron chi connectivity index (χ3n) is 6.88. The fourth-order valence-electron chi connectivity index (χ4n) is 4.90. The van der Waals surface area contributed by atoms with Gasteiger partial charge in [0.1, 0.15) is 6.04 Å². The summed E-state index contributed by atoms with van der Waals surface area (Å²) in [7, 11) is 1.63. The smallest absolute Gasteiger partial charge is 0.321 e. The average molecular weight is 465 g/mol. The van der Waals surface area contributed by atoms with Crippen molar-refractivity contribution in [2.24, 2.45) is 11.3 Å². The van der Waals surface area contributed by atoms with E-state index in [0.717, 1.165) is 16.0 Å². The second kappa shape index (κ2) is 8.55. The topological polar surface area (TPSA) is 116 Å². The maximum absolute atomic E-state index is 13.5. The Hall–Kier alpha value is -3.75. The molecule has 0 spiro atoms. The Morgan fingerprint density at radius 1 is 1.21 bits per heavy atom. The van der Waals surface area contributed by atoms with Gasteiger partial charge < -0.3 is 10.2 Å². The lowest BCUT2D eigenvalue weighted by atomic mass is 9.71. The Balaban J connectivity index is 1.52. The van der Waals surface area contributed by atoms with Crippen LogP contribution in [0, 0.1) is 25.2 Å². The normalized spacial score (nSPS) is 26.2. The largest absolute Gasteiger partial charge is 0.327 e. The van der Waals surface area contributed by atoms with Crippen molar-refractivity contribution in [1.82, 2.24) is 15.1 Å². The molecule has 178 valence electrons. The van der Waals surface area contributed by atoms with Gasteiger partial charge in [0.15, 0.2) is 0 Å². The molecule has 9 nitrogen and oxygen atoms in total. The van der Waals surface area contributed by atoms with Gasteiger partial charge in [0, 0.05) is 36.7 Å². The van der Waals surface area contributed by atoms with Gasteiger partial charge in [-0.3, -0.25) is 29.4 Å². The number of rotatable bonds is 4. The van der Waals surface area contributed by atoms with Crippen LogP contribution in [-0.4, -0.2) is 59.1 Å². The molecule has 0 bridgehead atoms. The van der Waals surface area contributed by atoms with E-state index in [0.29, 0.717) is 11.3 Å². The summed E-state index contributed by atoms with van der Waals surface area (Å²) in [5.41, 5.74) is 2.28. The van der Waals surface area contributed by atoms with Gasteiger partial charge in [0.05, 0.1) is 5.92 Å². The average Bonchev–Trinajstić information content (AvgIpc) is 3.02. The van der Waals surface area contributed by atoms with E-state index in [1.165, 1.54) is 4.90 Å². The standard InChI is InChI=1S/C25H28N4O5/c1-14-7-8-16(12-15(14)2)26-24(34)28(4)13-25(3)11-5-6-17-20(25)23(33)29(22(17)32)18-9-10-19(30)27-21(18)31/h5-8,11-12,18,20H,9-10,13H2,1-4H3,(H,26,34)(H,27,30,31). The van der Waals surface area contributed by atoms with Crippen LogP contribution in [0.25, 0.3) is 0 Å². The number of hydrogen-bond donors (Lipinski definition) is 2. The van der Waals surface area contributed by atoms with E-state index >= 15 is 0 Å². The Morgan fingerprint density at radius 3 is 2.62 bits per heavy atom. The van der Waals surface area contributed by atoms with E-state index in [-0.39, 0.29) is 25.4 Å². The van der Waals surface area contributed by atoms with Crippen LogP contribution in [0.2, 0.25) is 0 Å². The van der Waals surface area contributed by atoms with E-state index in [1.54, 1.807) is 19.2 Å². The van der Waals surface area contributed by atoms with E-state index in [9.17, 15) is 24.0 Å². The zero-order chi connectivity index (χ0) is 24.8. The third kappa shape index (κ3) is 4.02. The molecule has 2 heterocycles. The number of fused-ring (bicyclic) bond motifs is 1. The van der Waals surface area contributed by atoms with Crippen LogP contribution < -0.4 is 10.6 Å². The SMILES string of the molecule is Cc1ccc(NC(=O)N(C)CC2(C)C=CC=C3C(=O)N(C4CCC(=O)NC4=O)C(=O)C32)cc1C. The summed E-state index contributed by atoms with van der Waals surface area (Å²) >= 11 is 0. The van der Waals surface area contributed by atoms with E-state index < -0.39 is 41.0 Å². The second-order valence-electron chi connectivity index (χ2n) is 9.49. The maximum Gasteiger partial charge on any atom is 0.321 e. The minimum Gasteiger partial charge on any atom is -0.327 e. The highest BCUT2D eigenvalue weighted by Gasteiger charge is 2.56. The van der Waals surface area contributed by atoms with Crippen molar-refractivity contribution in [2.45, 2.75) is 39.7 Å². The number of carbonyl (C=O) groups is 5. The first kappa shape index (κ1) is 23.4. The summed E-state index contributed by atoms with van der Waals surface area (Å²) < 4.78 is 0. The lowest BCUT2D eigenvalue weighted by molar-refractivity contribution is -0.151. The molecule has 0 radical (unpaired) electrons. The number of nitrogens with one attached hydrogen (secondary N) is 2.